The fraction of sp³-hybridized carbons (Fsp3) is 0.583. The average Bonchev–Trinajstić information content (AvgIpc) is 2.08. The Kier molecular flexibility index (Phi) is 3.47. The molecular weight excluding hydrogens is 158 g/mol. The van der Waals surface area contributed by atoms with Crippen LogP contribution in [-0.2, 0) is 12.8 Å². The molecule has 0 spiro atoms. The third-order valence-electron chi connectivity index (χ3n) is 2.33. The predicted molar refractivity (Wildman–Crippen MR) is 56.9 cm³/mol. The van der Waals surface area contributed by atoms with E-state index in [1.54, 1.807) is 0 Å². The highest BCUT2D eigenvalue weighted by atomic mass is 14.7. The molecule has 0 atom stereocenters. The number of nitrogens with zero attached hydrogens (tertiary/aromatic N) is 1. The van der Waals surface area contributed by atoms with Crippen molar-refractivity contribution in [3.63, 3.8) is 0 Å². The van der Waals surface area contributed by atoms with E-state index >= 15 is 0 Å². The Hall–Kier alpha value is -0.850. The lowest BCUT2D eigenvalue weighted by Crippen LogP contribution is -2.03. The van der Waals surface area contributed by atoms with Crippen LogP contribution in [0.4, 0.5) is 0 Å². The highest BCUT2D eigenvalue weighted by Crippen LogP contribution is 2.16. The van der Waals surface area contributed by atoms with Crippen molar-refractivity contribution >= 4 is 0 Å². The highest BCUT2D eigenvalue weighted by molar-refractivity contribution is 5.29. The van der Waals surface area contributed by atoms with Crippen molar-refractivity contribution in [2.75, 3.05) is 0 Å². The number of hydrogen-bond acceptors (Lipinski definition) is 1. The first-order chi connectivity index (χ1) is 6.15. The van der Waals surface area contributed by atoms with Gasteiger partial charge < -0.3 is 0 Å². The van der Waals surface area contributed by atoms with Gasteiger partial charge in [0.15, 0.2) is 0 Å². The molecule has 13 heavy (non-hydrogen) atoms. The van der Waals surface area contributed by atoms with Gasteiger partial charge in [0.1, 0.15) is 0 Å². The smallest absolute Gasteiger partial charge is 0.0435 e. The van der Waals surface area contributed by atoms with E-state index in [0.29, 0.717) is 5.92 Å². The molecule has 0 aliphatic rings. The summed E-state index contributed by atoms with van der Waals surface area (Å²) in [6, 6.07) is 2.11. The Morgan fingerprint density at radius 3 is 2.62 bits per heavy atom. The van der Waals surface area contributed by atoms with Crippen LogP contribution in [-0.4, -0.2) is 4.98 Å². The van der Waals surface area contributed by atoms with E-state index < -0.39 is 0 Å². The van der Waals surface area contributed by atoms with Crippen molar-refractivity contribution in [2.24, 2.45) is 5.92 Å². The number of rotatable bonds is 3. The Bertz CT molecular complexity index is 276. The second kappa shape index (κ2) is 4.40. The fourth-order valence-corrected chi connectivity index (χ4v) is 1.64. The molecule has 0 unspecified atom stereocenters. The SMILES string of the molecule is CCc1nccc(C)c1CC(C)C. The van der Waals surface area contributed by atoms with E-state index in [1.807, 2.05) is 6.20 Å². The molecule has 72 valence electrons. The van der Waals surface area contributed by atoms with Crippen molar-refractivity contribution in [3.05, 3.63) is 29.1 Å². The molecule has 0 aliphatic heterocycles. The van der Waals surface area contributed by atoms with Crippen LogP contribution in [0.1, 0.15) is 37.6 Å². The molecule has 1 heterocycles. The second-order valence-corrected chi connectivity index (χ2v) is 4.00. The lowest BCUT2D eigenvalue weighted by Gasteiger charge is -2.12. The molecule has 0 amide bonds. The molecule has 0 aliphatic carbocycles. The van der Waals surface area contributed by atoms with E-state index in [2.05, 4.69) is 38.7 Å². The lowest BCUT2D eigenvalue weighted by atomic mass is 9.96. The van der Waals surface area contributed by atoms with Crippen molar-refractivity contribution in [2.45, 2.75) is 40.5 Å². The maximum Gasteiger partial charge on any atom is 0.0435 e. The molecule has 1 aromatic heterocycles. The Labute approximate surface area is 81.2 Å². The number of hydrogen-bond donors (Lipinski definition) is 0. The quantitative estimate of drug-likeness (QED) is 0.691. The lowest BCUT2D eigenvalue weighted by molar-refractivity contribution is 0.637. The minimum absolute atomic E-state index is 0.716. The maximum absolute atomic E-state index is 4.41. The molecule has 0 fully saturated rings. The Morgan fingerprint density at radius 1 is 1.38 bits per heavy atom. The van der Waals surface area contributed by atoms with Crippen LogP contribution in [0, 0.1) is 12.8 Å². The van der Waals surface area contributed by atoms with Crippen molar-refractivity contribution in [3.8, 4) is 0 Å². The maximum atomic E-state index is 4.41. The van der Waals surface area contributed by atoms with E-state index in [4.69, 9.17) is 0 Å². The Balaban J connectivity index is 3.00. The normalized spacial score (nSPS) is 10.8. The first-order valence-electron chi connectivity index (χ1n) is 5.08. The molecule has 0 aromatic carbocycles. The molecule has 1 rings (SSSR count). The van der Waals surface area contributed by atoms with Gasteiger partial charge in [-0.05, 0) is 42.9 Å². The molecule has 0 N–H and O–H groups in total. The number of aryl methyl sites for hydroxylation is 2. The van der Waals surface area contributed by atoms with Gasteiger partial charge in [-0.15, -0.1) is 0 Å². The topological polar surface area (TPSA) is 12.9 Å². The van der Waals surface area contributed by atoms with Gasteiger partial charge in [0.2, 0.25) is 0 Å². The van der Waals surface area contributed by atoms with Crippen LogP contribution in [0.2, 0.25) is 0 Å². The molecule has 1 aromatic rings. The standard InChI is InChI=1S/C12H19N/c1-5-12-11(8-9(2)3)10(4)6-7-13-12/h6-7,9H,5,8H2,1-4H3. The summed E-state index contributed by atoms with van der Waals surface area (Å²) in [5.41, 5.74) is 4.12. The third kappa shape index (κ3) is 2.55. The molecular formula is C12H19N. The zero-order valence-corrected chi connectivity index (χ0v) is 9.09. The van der Waals surface area contributed by atoms with Gasteiger partial charge in [-0.2, -0.15) is 0 Å². The Morgan fingerprint density at radius 2 is 2.08 bits per heavy atom. The summed E-state index contributed by atoms with van der Waals surface area (Å²) in [5.74, 6) is 0.716. The summed E-state index contributed by atoms with van der Waals surface area (Å²) in [6.45, 7) is 8.86. The van der Waals surface area contributed by atoms with E-state index in [9.17, 15) is 0 Å². The van der Waals surface area contributed by atoms with Crippen molar-refractivity contribution in [1.82, 2.24) is 4.98 Å². The average molecular weight is 177 g/mol. The zero-order valence-electron chi connectivity index (χ0n) is 9.09. The van der Waals surface area contributed by atoms with Gasteiger partial charge in [-0.1, -0.05) is 20.8 Å². The summed E-state index contributed by atoms with van der Waals surface area (Å²) in [5, 5.41) is 0. The molecule has 0 saturated carbocycles. The van der Waals surface area contributed by atoms with Gasteiger partial charge in [0, 0.05) is 11.9 Å². The number of pyridine rings is 1. The number of aromatic nitrogens is 1. The van der Waals surface area contributed by atoms with Gasteiger partial charge >= 0.3 is 0 Å². The van der Waals surface area contributed by atoms with Gasteiger partial charge in [-0.3, -0.25) is 4.98 Å². The van der Waals surface area contributed by atoms with Crippen molar-refractivity contribution in [1.29, 1.82) is 0 Å². The molecule has 0 radical (unpaired) electrons. The first kappa shape index (κ1) is 10.2. The molecule has 0 saturated heterocycles. The summed E-state index contributed by atoms with van der Waals surface area (Å²) in [6.07, 6.45) is 4.12. The van der Waals surface area contributed by atoms with Crippen LogP contribution >= 0.6 is 0 Å². The molecule has 0 bridgehead atoms. The monoisotopic (exact) mass is 177 g/mol. The summed E-state index contributed by atoms with van der Waals surface area (Å²) in [7, 11) is 0. The van der Waals surface area contributed by atoms with Gasteiger partial charge in [-0.25, -0.2) is 0 Å². The first-order valence-corrected chi connectivity index (χ1v) is 5.08. The van der Waals surface area contributed by atoms with E-state index in [0.717, 1.165) is 12.8 Å². The van der Waals surface area contributed by atoms with Crippen LogP contribution < -0.4 is 0 Å². The fourth-order valence-electron chi connectivity index (χ4n) is 1.64. The van der Waals surface area contributed by atoms with E-state index in [1.165, 1.54) is 16.8 Å². The van der Waals surface area contributed by atoms with Crippen molar-refractivity contribution < 1.29 is 0 Å². The zero-order chi connectivity index (χ0) is 9.84. The molecule has 1 nitrogen and oxygen atoms in total. The minimum Gasteiger partial charge on any atom is -0.261 e. The summed E-state index contributed by atoms with van der Waals surface area (Å²) >= 11 is 0. The minimum atomic E-state index is 0.716. The van der Waals surface area contributed by atoms with Crippen LogP contribution in [0.15, 0.2) is 12.3 Å². The van der Waals surface area contributed by atoms with Gasteiger partial charge in [0.05, 0.1) is 0 Å². The largest absolute Gasteiger partial charge is 0.261 e. The van der Waals surface area contributed by atoms with Crippen LogP contribution in [0.5, 0.6) is 0 Å². The molecule has 1 heteroatoms. The summed E-state index contributed by atoms with van der Waals surface area (Å²) in [4.78, 5) is 4.41. The van der Waals surface area contributed by atoms with Crippen LogP contribution in [0.25, 0.3) is 0 Å². The van der Waals surface area contributed by atoms with Crippen LogP contribution in [0.3, 0.4) is 0 Å². The predicted octanol–water partition coefficient (Wildman–Crippen LogP) is 3.15. The highest BCUT2D eigenvalue weighted by Gasteiger charge is 2.06. The second-order valence-electron chi connectivity index (χ2n) is 4.00. The summed E-state index contributed by atoms with van der Waals surface area (Å²) < 4.78 is 0. The third-order valence-corrected chi connectivity index (χ3v) is 2.33. The van der Waals surface area contributed by atoms with E-state index in [-0.39, 0.29) is 0 Å². The van der Waals surface area contributed by atoms with Gasteiger partial charge in [0.25, 0.3) is 0 Å².